The van der Waals surface area contributed by atoms with E-state index in [0.717, 1.165) is 0 Å². The van der Waals surface area contributed by atoms with Gasteiger partial charge >= 0.3 is 5.97 Å². The van der Waals surface area contributed by atoms with Crippen molar-refractivity contribution in [2.24, 2.45) is 0 Å². The molecule has 1 rings (SSSR count). The predicted octanol–water partition coefficient (Wildman–Crippen LogP) is 2.88. The average Bonchev–Trinajstić information content (AvgIpc) is 2.19. The largest absolute Gasteiger partial charge is 0.478 e. The van der Waals surface area contributed by atoms with Gasteiger partial charge in [-0.2, -0.15) is 0 Å². The van der Waals surface area contributed by atoms with E-state index in [1.54, 1.807) is 13.0 Å². The van der Waals surface area contributed by atoms with E-state index in [1.165, 1.54) is 16.7 Å². The van der Waals surface area contributed by atoms with Gasteiger partial charge in [0.25, 0.3) is 0 Å². The number of aryl methyl sites for hydroxylation is 1. The van der Waals surface area contributed by atoms with Crippen LogP contribution in [-0.4, -0.2) is 11.1 Å². The van der Waals surface area contributed by atoms with Gasteiger partial charge in [0.15, 0.2) is 0 Å². The van der Waals surface area contributed by atoms with Gasteiger partial charge in [0.1, 0.15) is 0 Å². The van der Waals surface area contributed by atoms with Crippen molar-refractivity contribution < 1.29 is 9.90 Å². The second kappa shape index (κ2) is 4.78. The van der Waals surface area contributed by atoms with E-state index in [9.17, 15) is 4.79 Å². The monoisotopic (exact) mass is 204 g/mol. The summed E-state index contributed by atoms with van der Waals surface area (Å²) in [4.78, 5) is 10.6. The van der Waals surface area contributed by atoms with Gasteiger partial charge in [-0.05, 0) is 43.9 Å². The Labute approximate surface area is 90.3 Å². The normalized spacial score (nSPS) is 11.5. The molecule has 0 saturated carbocycles. The van der Waals surface area contributed by atoms with Crippen molar-refractivity contribution in [1.82, 2.24) is 0 Å². The van der Waals surface area contributed by atoms with E-state index in [0.29, 0.717) is 12.0 Å². The molecular weight excluding hydrogens is 188 g/mol. The van der Waals surface area contributed by atoms with Crippen molar-refractivity contribution in [2.75, 3.05) is 0 Å². The minimum atomic E-state index is -0.847. The molecule has 0 atom stereocenters. The number of hydrogen-bond donors (Lipinski definition) is 1. The van der Waals surface area contributed by atoms with Crippen LogP contribution in [0.2, 0.25) is 0 Å². The summed E-state index contributed by atoms with van der Waals surface area (Å²) in [5.74, 6) is -0.847. The molecule has 0 saturated heterocycles. The van der Waals surface area contributed by atoms with E-state index in [1.807, 2.05) is 12.1 Å². The molecule has 1 aromatic carbocycles. The molecule has 0 aliphatic carbocycles. The van der Waals surface area contributed by atoms with Crippen LogP contribution in [0.5, 0.6) is 0 Å². The van der Waals surface area contributed by atoms with Crippen LogP contribution in [0.1, 0.15) is 23.6 Å². The Morgan fingerprint density at radius 2 is 2.07 bits per heavy atom. The van der Waals surface area contributed by atoms with E-state index in [-0.39, 0.29) is 0 Å². The molecule has 0 radical (unpaired) electrons. The summed E-state index contributed by atoms with van der Waals surface area (Å²) >= 11 is 0. The van der Waals surface area contributed by atoms with Crippen LogP contribution in [0.4, 0.5) is 0 Å². The molecule has 0 aliphatic heterocycles. The Balaban J connectivity index is 2.87. The van der Waals surface area contributed by atoms with Crippen molar-refractivity contribution in [2.45, 2.75) is 27.2 Å². The number of allylic oxidation sites excluding steroid dienone is 1. The maximum Gasteiger partial charge on any atom is 0.330 e. The standard InChI is InChI=1S/C13H16O2/c1-9-5-4-6-12(11(9)3)8-7-10(2)13(14)15/h4-7H,8H2,1-3H3,(H,14,15)/b10-7+. The lowest BCUT2D eigenvalue weighted by atomic mass is 10.0. The molecule has 1 N–H and O–H groups in total. The topological polar surface area (TPSA) is 37.3 Å². The Kier molecular flexibility index (Phi) is 3.67. The summed E-state index contributed by atoms with van der Waals surface area (Å²) in [6, 6.07) is 6.10. The van der Waals surface area contributed by atoms with Gasteiger partial charge in [0.2, 0.25) is 0 Å². The quantitative estimate of drug-likeness (QED) is 0.769. The van der Waals surface area contributed by atoms with Crippen LogP contribution in [0.15, 0.2) is 29.8 Å². The Morgan fingerprint density at radius 1 is 1.40 bits per heavy atom. The van der Waals surface area contributed by atoms with Crippen molar-refractivity contribution in [3.8, 4) is 0 Å². The van der Waals surface area contributed by atoms with Gasteiger partial charge in [-0.15, -0.1) is 0 Å². The smallest absolute Gasteiger partial charge is 0.330 e. The highest BCUT2D eigenvalue weighted by atomic mass is 16.4. The Hall–Kier alpha value is -1.57. The molecule has 15 heavy (non-hydrogen) atoms. The second-order valence-electron chi connectivity index (χ2n) is 3.76. The number of hydrogen-bond acceptors (Lipinski definition) is 1. The maximum atomic E-state index is 10.6. The van der Waals surface area contributed by atoms with Crippen LogP contribution in [0.3, 0.4) is 0 Å². The minimum Gasteiger partial charge on any atom is -0.478 e. The molecule has 0 aromatic heterocycles. The van der Waals surface area contributed by atoms with Crippen molar-refractivity contribution in [3.05, 3.63) is 46.5 Å². The number of benzene rings is 1. The lowest BCUT2D eigenvalue weighted by Crippen LogP contribution is -1.97. The van der Waals surface area contributed by atoms with Crippen molar-refractivity contribution in [1.29, 1.82) is 0 Å². The van der Waals surface area contributed by atoms with E-state index in [4.69, 9.17) is 5.11 Å². The van der Waals surface area contributed by atoms with E-state index >= 15 is 0 Å². The van der Waals surface area contributed by atoms with Gasteiger partial charge in [-0.1, -0.05) is 24.3 Å². The fraction of sp³-hybridized carbons (Fsp3) is 0.308. The lowest BCUT2D eigenvalue weighted by Gasteiger charge is -2.05. The van der Waals surface area contributed by atoms with Gasteiger partial charge in [0, 0.05) is 5.57 Å². The van der Waals surface area contributed by atoms with Crippen LogP contribution in [0.25, 0.3) is 0 Å². The van der Waals surface area contributed by atoms with Gasteiger partial charge in [-0.3, -0.25) is 0 Å². The zero-order valence-corrected chi connectivity index (χ0v) is 9.37. The first-order valence-electron chi connectivity index (χ1n) is 4.97. The van der Waals surface area contributed by atoms with Crippen LogP contribution < -0.4 is 0 Å². The predicted molar refractivity (Wildman–Crippen MR) is 61.0 cm³/mol. The highest BCUT2D eigenvalue weighted by Gasteiger charge is 2.01. The molecule has 2 nitrogen and oxygen atoms in total. The molecule has 80 valence electrons. The summed E-state index contributed by atoms with van der Waals surface area (Å²) in [6.45, 7) is 5.74. The molecule has 2 heteroatoms. The van der Waals surface area contributed by atoms with Crippen molar-refractivity contribution in [3.63, 3.8) is 0 Å². The van der Waals surface area contributed by atoms with Crippen LogP contribution in [-0.2, 0) is 11.2 Å². The molecule has 0 aliphatic rings. The number of carboxylic acid groups (broad SMARTS) is 1. The summed E-state index contributed by atoms with van der Waals surface area (Å²) < 4.78 is 0. The summed E-state index contributed by atoms with van der Waals surface area (Å²) in [6.07, 6.45) is 2.44. The molecule has 1 aromatic rings. The van der Waals surface area contributed by atoms with Gasteiger partial charge in [-0.25, -0.2) is 4.79 Å². The Morgan fingerprint density at radius 3 is 2.67 bits per heavy atom. The molecule has 0 fully saturated rings. The molecule has 0 amide bonds. The number of carbonyl (C=O) groups is 1. The first-order chi connectivity index (χ1) is 7.02. The number of rotatable bonds is 3. The highest BCUT2D eigenvalue weighted by molar-refractivity contribution is 5.85. The summed E-state index contributed by atoms with van der Waals surface area (Å²) in [7, 11) is 0. The number of carboxylic acids is 1. The van der Waals surface area contributed by atoms with E-state index < -0.39 is 5.97 Å². The molecule has 0 bridgehead atoms. The molecule has 0 heterocycles. The molecule has 0 spiro atoms. The third-order valence-corrected chi connectivity index (χ3v) is 2.68. The van der Waals surface area contributed by atoms with Gasteiger partial charge < -0.3 is 5.11 Å². The summed E-state index contributed by atoms with van der Waals surface area (Å²) in [5.41, 5.74) is 4.08. The summed E-state index contributed by atoms with van der Waals surface area (Å²) in [5, 5.41) is 8.72. The first-order valence-corrected chi connectivity index (χ1v) is 4.97. The third kappa shape index (κ3) is 2.94. The fourth-order valence-electron chi connectivity index (χ4n) is 1.38. The van der Waals surface area contributed by atoms with Gasteiger partial charge in [0.05, 0.1) is 0 Å². The number of aliphatic carboxylic acids is 1. The highest BCUT2D eigenvalue weighted by Crippen LogP contribution is 2.14. The van der Waals surface area contributed by atoms with Crippen LogP contribution >= 0.6 is 0 Å². The average molecular weight is 204 g/mol. The van der Waals surface area contributed by atoms with Crippen molar-refractivity contribution >= 4 is 5.97 Å². The SMILES string of the molecule is C/C(=C\Cc1cccc(C)c1C)C(=O)O. The maximum absolute atomic E-state index is 10.6. The Bertz CT molecular complexity index is 403. The van der Waals surface area contributed by atoms with E-state index in [2.05, 4.69) is 19.9 Å². The third-order valence-electron chi connectivity index (χ3n) is 2.68. The molecule has 0 unspecified atom stereocenters. The van der Waals surface area contributed by atoms with Crippen LogP contribution in [0, 0.1) is 13.8 Å². The zero-order valence-electron chi connectivity index (χ0n) is 9.37. The first kappa shape index (κ1) is 11.5. The minimum absolute atomic E-state index is 0.399. The second-order valence-corrected chi connectivity index (χ2v) is 3.76. The molecular formula is C13H16O2. The zero-order chi connectivity index (χ0) is 11.4. The fourth-order valence-corrected chi connectivity index (χ4v) is 1.38. The lowest BCUT2D eigenvalue weighted by molar-refractivity contribution is -0.132.